The number of ether oxygens (including phenoxy) is 3. The first-order chi connectivity index (χ1) is 13.0. The first kappa shape index (κ1) is 18.3. The highest BCUT2D eigenvalue weighted by atomic mass is 79.9. The fourth-order valence-corrected chi connectivity index (χ4v) is 4.08. The van der Waals surface area contributed by atoms with Gasteiger partial charge in [0, 0.05) is 10.0 Å². The molecule has 0 saturated carbocycles. The lowest BCUT2D eigenvalue weighted by molar-refractivity contribution is 0.0305. The fourth-order valence-electron chi connectivity index (χ4n) is 3.14. The Morgan fingerprint density at radius 3 is 2.56 bits per heavy atom. The molecule has 138 valence electrons. The van der Waals surface area contributed by atoms with Gasteiger partial charge in [-0.15, -0.1) is 0 Å². The Morgan fingerprint density at radius 2 is 1.78 bits per heavy atom. The van der Waals surface area contributed by atoms with Crippen LogP contribution < -0.4 is 9.47 Å². The normalized spacial score (nSPS) is 14.8. The number of rotatable bonds is 4. The number of hydrogen-bond donors (Lipinski definition) is 0. The molecule has 0 bridgehead atoms. The van der Waals surface area contributed by atoms with Crippen LogP contribution in [-0.4, -0.2) is 17.6 Å². The van der Waals surface area contributed by atoms with E-state index in [1.807, 2.05) is 55.5 Å². The zero-order valence-corrected chi connectivity index (χ0v) is 17.6. The first-order valence-corrected chi connectivity index (χ1v) is 10.2. The predicted octanol–water partition coefficient (Wildman–Crippen LogP) is 6.01. The molecule has 0 radical (unpaired) electrons. The molecule has 6 heteroatoms. The van der Waals surface area contributed by atoms with Gasteiger partial charge < -0.3 is 14.2 Å². The van der Waals surface area contributed by atoms with Crippen LogP contribution in [0, 0.1) is 0 Å². The zero-order valence-electron chi connectivity index (χ0n) is 14.4. The highest BCUT2D eigenvalue weighted by molar-refractivity contribution is 9.10. The van der Waals surface area contributed by atoms with Crippen LogP contribution in [0.2, 0.25) is 0 Å². The maximum Gasteiger partial charge on any atom is 0.339 e. The Labute approximate surface area is 173 Å². The van der Waals surface area contributed by atoms with Crippen molar-refractivity contribution in [3.8, 4) is 11.5 Å². The molecule has 2 atom stereocenters. The number of fused-ring (bicyclic) bond motifs is 2. The molecule has 4 rings (SSSR count). The standard InChI is InChI=1S/C21H16Br2O4/c1-12(22)20(16-9-18-19(10-17(16)23)26-11-25-18)27-21(24)15-8-4-6-13-5-2-3-7-14(13)15/h2-10,12,20H,11H2,1H3. The first-order valence-electron chi connectivity index (χ1n) is 8.46. The summed E-state index contributed by atoms with van der Waals surface area (Å²) < 4.78 is 17.6. The topological polar surface area (TPSA) is 44.8 Å². The lowest BCUT2D eigenvalue weighted by Gasteiger charge is -2.22. The quantitative estimate of drug-likeness (QED) is 0.331. The molecule has 0 N–H and O–H groups in total. The Kier molecular flexibility index (Phi) is 5.10. The van der Waals surface area contributed by atoms with Gasteiger partial charge in [-0.25, -0.2) is 4.79 Å². The Bertz CT molecular complexity index is 1010. The van der Waals surface area contributed by atoms with Crippen molar-refractivity contribution in [3.05, 3.63) is 70.2 Å². The Balaban J connectivity index is 1.69. The van der Waals surface area contributed by atoms with Gasteiger partial charge in [-0.2, -0.15) is 0 Å². The molecule has 4 nitrogen and oxygen atoms in total. The lowest BCUT2D eigenvalue weighted by Crippen LogP contribution is -2.18. The second-order valence-corrected chi connectivity index (χ2v) is 8.56. The summed E-state index contributed by atoms with van der Waals surface area (Å²) in [5, 5.41) is 1.87. The molecule has 0 fully saturated rings. The largest absolute Gasteiger partial charge is 0.454 e. The number of hydrogen-bond acceptors (Lipinski definition) is 4. The highest BCUT2D eigenvalue weighted by Gasteiger charge is 2.28. The Hall–Kier alpha value is -2.05. The van der Waals surface area contributed by atoms with Gasteiger partial charge in [0.2, 0.25) is 6.79 Å². The third kappa shape index (κ3) is 3.56. The molecule has 0 aromatic heterocycles. The second-order valence-electron chi connectivity index (χ2n) is 6.26. The van der Waals surface area contributed by atoms with Gasteiger partial charge in [-0.1, -0.05) is 68.3 Å². The molecule has 0 aliphatic carbocycles. The SMILES string of the molecule is CC(Br)C(OC(=O)c1cccc2ccccc12)c1cc2c(cc1Br)OCO2. The van der Waals surface area contributed by atoms with Gasteiger partial charge in [-0.3, -0.25) is 0 Å². The maximum atomic E-state index is 13.0. The van der Waals surface area contributed by atoms with E-state index in [1.54, 1.807) is 6.07 Å². The van der Waals surface area contributed by atoms with Crippen molar-refractivity contribution in [2.45, 2.75) is 17.9 Å². The molecule has 1 aliphatic rings. The van der Waals surface area contributed by atoms with Crippen LogP contribution in [0.15, 0.2) is 59.1 Å². The molecule has 3 aromatic rings. The van der Waals surface area contributed by atoms with Crippen molar-refractivity contribution >= 4 is 48.6 Å². The monoisotopic (exact) mass is 490 g/mol. The average molecular weight is 492 g/mol. The van der Waals surface area contributed by atoms with Crippen molar-refractivity contribution in [1.82, 2.24) is 0 Å². The van der Waals surface area contributed by atoms with Crippen LogP contribution in [-0.2, 0) is 4.74 Å². The minimum absolute atomic E-state index is 0.104. The minimum Gasteiger partial charge on any atom is -0.454 e. The predicted molar refractivity (Wildman–Crippen MR) is 111 cm³/mol. The lowest BCUT2D eigenvalue weighted by atomic mass is 10.0. The van der Waals surface area contributed by atoms with Crippen molar-refractivity contribution in [2.24, 2.45) is 0 Å². The molecular weight excluding hydrogens is 476 g/mol. The van der Waals surface area contributed by atoms with Gasteiger partial charge >= 0.3 is 5.97 Å². The minimum atomic E-state index is -0.500. The third-order valence-corrected chi connectivity index (χ3v) is 5.63. The number of esters is 1. The Morgan fingerprint density at radius 1 is 1.07 bits per heavy atom. The smallest absolute Gasteiger partial charge is 0.339 e. The molecular formula is C21H16Br2O4. The summed E-state index contributed by atoms with van der Waals surface area (Å²) >= 11 is 7.13. The number of alkyl halides is 1. The summed E-state index contributed by atoms with van der Waals surface area (Å²) in [6.07, 6.45) is -0.500. The summed E-state index contributed by atoms with van der Waals surface area (Å²) in [5.41, 5.74) is 1.36. The number of halogens is 2. The van der Waals surface area contributed by atoms with Crippen molar-refractivity contribution in [2.75, 3.05) is 6.79 Å². The van der Waals surface area contributed by atoms with Gasteiger partial charge in [0.25, 0.3) is 0 Å². The number of carbonyl (C=O) groups is 1. The van der Waals surface area contributed by atoms with Gasteiger partial charge in [-0.05, 0) is 35.9 Å². The molecule has 0 saturated heterocycles. The van der Waals surface area contributed by atoms with E-state index in [4.69, 9.17) is 14.2 Å². The van der Waals surface area contributed by atoms with E-state index in [1.165, 1.54) is 0 Å². The molecule has 1 aliphatic heterocycles. The molecule has 27 heavy (non-hydrogen) atoms. The van der Waals surface area contributed by atoms with E-state index in [-0.39, 0.29) is 17.6 Å². The molecule has 1 heterocycles. The van der Waals surface area contributed by atoms with Gasteiger partial charge in [0.1, 0.15) is 6.10 Å². The highest BCUT2D eigenvalue weighted by Crippen LogP contribution is 2.42. The van der Waals surface area contributed by atoms with Crippen LogP contribution in [0.1, 0.15) is 28.9 Å². The van der Waals surface area contributed by atoms with E-state index in [0.717, 1.165) is 20.8 Å². The molecule has 0 spiro atoms. The van der Waals surface area contributed by atoms with E-state index in [0.29, 0.717) is 17.1 Å². The van der Waals surface area contributed by atoms with Crippen LogP contribution in [0.25, 0.3) is 10.8 Å². The van der Waals surface area contributed by atoms with E-state index in [9.17, 15) is 4.79 Å². The summed E-state index contributed by atoms with van der Waals surface area (Å²) in [6.45, 7) is 2.13. The number of carbonyl (C=O) groups excluding carboxylic acids is 1. The molecule has 0 amide bonds. The average Bonchev–Trinajstić information content (AvgIpc) is 3.12. The van der Waals surface area contributed by atoms with Crippen molar-refractivity contribution < 1.29 is 19.0 Å². The second kappa shape index (κ2) is 7.52. The van der Waals surface area contributed by atoms with E-state index in [2.05, 4.69) is 31.9 Å². The van der Waals surface area contributed by atoms with Crippen LogP contribution in [0.4, 0.5) is 0 Å². The zero-order chi connectivity index (χ0) is 19.0. The summed E-state index contributed by atoms with van der Waals surface area (Å²) in [4.78, 5) is 12.9. The van der Waals surface area contributed by atoms with Crippen LogP contribution in [0.5, 0.6) is 11.5 Å². The van der Waals surface area contributed by atoms with E-state index >= 15 is 0 Å². The summed E-state index contributed by atoms with van der Waals surface area (Å²) in [6, 6.07) is 17.1. The molecule has 2 unspecified atom stereocenters. The maximum absolute atomic E-state index is 13.0. The van der Waals surface area contributed by atoms with Crippen molar-refractivity contribution in [1.29, 1.82) is 0 Å². The van der Waals surface area contributed by atoms with Crippen molar-refractivity contribution in [3.63, 3.8) is 0 Å². The third-order valence-electron chi connectivity index (χ3n) is 4.46. The summed E-state index contributed by atoms with van der Waals surface area (Å²) in [5.74, 6) is 0.951. The fraction of sp³-hybridized carbons (Fsp3) is 0.190. The van der Waals surface area contributed by atoms with E-state index < -0.39 is 6.10 Å². The van der Waals surface area contributed by atoms with Crippen LogP contribution in [0.3, 0.4) is 0 Å². The number of benzene rings is 3. The summed E-state index contributed by atoms with van der Waals surface area (Å²) in [7, 11) is 0. The van der Waals surface area contributed by atoms with Crippen LogP contribution >= 0.6 is 31.9 Å². The molecule has 3 aromatic carbocycles. The van der Waals surface area contributed by atoms with Gasteiger partial charge in [0.15, 0.2) is 11.5 Å². The van der Waals surface area contributed by atoms with Gasteiger partial charge in [0.05, 0.1) is 10.4 Å².